The van der Waals surface area contributed by atoms with E-state index in [4.69, 9.17) is 9.47 Å². The van der Waals surface area contributed by atoms with Gasteiger partial charge in [0.05, 0.1) is 24.5 Å². The van der Waals surface area contributed by atoms with E-state index >= 15 is 0 Å². The molecule has 0 spiro atoms. The van der Waals surface area contributed by atoms with E-state index in [2.05, 4.69) is 4.99 Å². The highest BCUT2D eigenvalue weighted by Crippen LogP contribution is 2.28. The molecule has 0 atom stereocenters. The van der Waals surface area contributed by atoms with E-state index in [9.17, 15) is 4.79 Å². The first-order chi connectivity index (χ1) is 13.1. The van der Waals surface area contributed by atoms with Crippen LogP contribution >= 0.6 is 11.3 Å². The maximum atomic E-state index is 12.9. The van der Waals surface area contributed by atoms with Gasteiger partial charge in [0.1, 0.15) is 17.0 Å². The number of aromatic nitrogens is 1. The third-order valence-corrected chi connectivity index (χ3v) is 5.60. The van der Waals surface area contributed by atoms with Gasteiger partial charge >= 0.3 is 0 Å². The Morgan fingerprint density at radius 3 is 2.37 bits per heavy atom. The molecule has 136 valence electrons. The van der Waals surface area contributed by atoms with Gasteiger partial charge in [-0.1, -0.05) is 41.7 Å². The molecule has 27 heavy (non-hydrogen) atoms. The Bertz CT molecular complexity index is 1240. The van der Waals surface area contributed by atoms with Gasteiger partial charge in [0.15, 0.2) is 4.80 Å². The number of hydrogen-bond donors (Lipinski definition) is 0. The van der Waals surface area contributed by atoms with Crippen molar-refractivity contribution in [1.29, 1.82) is 0 Å². The second kappa shape index (κ2) is 6.89. The molecule has 0 unspecified atom stereocenters. The third-order valence-electron chi connectivity index (χ3n) is 4.50. The minimum absolute atomic E-state index is 0.335. The van der Waals surface area contributed by atoms with Crippen LogP contribution in [0.4, 0.5) is 0 Å². The summed E-state index contributed by atoms with van der Waals surface area (Å²) in [5.74, 6) is 0.936. The van der Waals surface area contributed by atoms with Crippen LogP contribution in [0, 0.1) is 0 Å². The Hall–Kier alpha value is -3.12. The van der Waals surface area contributed by atoms with Crippen LogP contribution < -0.4 is 14.3 Å². The number of nitrogens with zero attached hydrogens (tertiary/aromatic N) is 2. The summed E-state index contributed by atoms with van der Waals surface area (Å²) in [6.45, 7) is 0. The Labute approximate surface area is 160 Å². The highest BCUT2D eigenvalue weighted by molar-refractivity contribution is 7.16. The number of hydrogen-bond acceptors (Lipinski definition) is 4. The number of carbonyl (C=O) groups is 1. The van der Waals surface area contributed by atoms with Crippen molar-refractivity contribution >= 4 is 38.2 Å². The van der Waals surface area contributed by atoms with Gasteiger partial charge in [0.2, 0.25) is 0 Å². The van der Waals surface area contributed by atoms with E-state index in [-0.39, 0.29) is 5.91 Å². The third kappa shape index (κ3) is 2.98. The summed E-state index contributed by atoms with van der Waals surface area (Å²) in [4.78, 5) is 17.9. The maximum absolute atomic E-state index is 12.9. The topological polar surface area (TPSA) is 52.8 Å². The summed E-state index contributed by atoms with van der Waals surface area (Å²) < 4.78 is 13.8. The number of aryl methyl sites for hydroxylation is 1. The molecular formula is C21H18N2O3S. The van der Waals surface area contributed by atoms with Crippen LogP contribution in [0.15, 0.2) is 59.6 Å². The lowest BCUT2D eigenvalue weighted by Crippen LogP contribution is -2.14. The van der Waals surface area contributed by atoms with E-state index in [1.165, 1.54) is 11.3 Å². The average molecular weight is 378 g/mol. The van der Waals surface area contributed by atoms with Crippen molar-refractivity contribution in [2.75, 3.05) is 14.2 Å². The van der Waals surface area contributed by atoms with E-state index in [1.807, 2.05) is 66.2 Å². The standard InChI is InChI=1S/C21H18N2O3S/c1-23-19-16(25-2)9-6-10-18(19)27-21(23)22-20(24)15-11-13-7-4-5-8-14(13)12-17(15)26-3/h4-12H,1-3H3. The van der Waals surface area contributed by atoms with Gasteiger partial charge < -0.3 is 14.0 Å². The lowest BCUT2D eigenvalue weighted by atomic mass is 10.1. The molecule has 0 aliphatic heterocycles. The van der Waals surface area contributed by atoms with Crippen molar-refractivity contribution < 1.29 is 14.3 Å². The van der Waals surface area contributed by atoms with Crippen LogP contribution in [0.3, 0.4) is 0 Å². The molecule has 0 bridgehead atoms. The Kier molecular flexibility index (Phi) is 4.41. The molecule has 0 saturated heterocycles. The summed E-state index contributed by atoms with van der Waals surface area (Å²) in [5.41, 5.74) is 1.36. The number of rotatable bonds is 3. The summed E-state index contributed by atoms with van der Waals surface area (Å²) in [6, 6.07) is 17.4. The van der Waals surface area contributed by atoms with Gasteiger partial charge in [-0.2, -0.15) is 4.99 Å². The number of thiazole rings is 1. The largest absolute Gasteiger partial charge is 0.496 e. The summed E-state index contributed by atoms with van der Waals surface area (Å²) >= 11 is 1.45. The first kappa shape index (κ1) is 17.3. The van der Waals surface area contributed by atoms with Crippen molar-refractivity contribution in [3.05, 3.63) is 65.0 Å². The van der Waals surface area contributed by atoms with Crippen molar-refractivity contribution in [2.45, 2.75) is 0 Å². The summed E-state index contributed by atoms with van der Waals surface area (Å²) in [6.07, 6.45) is 0. The minimum atomic E-state index is -0.335. The summed E-state index contributed by atoms with van der Waals surface area (Å²) in [7, 11) is 5.07. The van der Waals surface area contributed by atoms with Crippen molar-refractivity contribution in [3.63, 3.8) is 0 Å². The Morgan fingerprint density at radius 1 is 0.963 bits per heavy atom. The number of amides is 1. The number of fused-ring (bicyclic) bond motifs is 2. The van der Waals surface area contributed by atoms with E-state index < -0.39 is 0 Å². The zero-order valence-corrected chi connectivity index (χ0v) is 16.0. The van der Waals surface area contributed by atoms with Gasteiger partial charge in [-0.05, 0) is 35.0 Å². The van der Waals surface area contributed by atoms with Gasteiger partial charge in [-0.15, -0.1) is 0 Å². The van der Waals surface area contributed by atoms with Crippen LogP contribution in [0.2, 0.25) is 0 Å². The number of methoxy groups -OCH3 is 2. The number of ether oxygens (including phenoxy) is 2. The lowest BCUT2D eigenvalue weighted by molar-refractivity contribution is 0.0995. The molecule has 5 nitrogen and oxygen atoms in total. The second-order valence-corrected chi connectivity index (χ2v) is 7.08. The molecule has 0 N–H and O–H groups in total. The highest BCUT2D eigenvalue weighted by atomic mass is 32.1. The molecule has 1 aromatic heterocycles. The zero-order valence-electron chi connectivity index (χ0n) is 15.2. The van der Waals surface area contributed by atoms with Gasteiger partial charge in [-0.3, -0.25) is 4.79 Å². The van der Waals surface area contributed by atoms with E-state index in [0.717, 1.165) is 26.7 Å². The molecule has 0 saturated carbocycles. The Balaban J connectivity index is 1.88. The molecule has 0 fully saturated rings. The molecular weight excluding hydrogens is 360 g/mol. The van der Waals surface area contributed by atoms with Gasteiger partial charge in [0, 0.05) is 7.05 Å². The lowest BCUT2D eigenvalue weighted by Gasteiger charge is -2.07. The summed E-state index contributed by atoms with van der Waals surface area (Å²) in [5, 5.41) is 1.99. The van der Waals surface area contributed by atoms with Crippen LogP contribution in [0.5, 0.6) is 11.5 Å². The fourth-order valence-corrected chi connectivity index (χ4v) is 4.18. The van der Waals surface area contributed by atoms with E-state index in [1.54, 1.807) is 14.2 Å². The quantitative estimate of drug-likeness (QED) is 0.538. The van der Waals surface area contributed by atoms with Crippen molar-refractivity contribution in [3.8, 4) is 11.5 Å². The number of para-hydroxylation sites is 1. The minimum Gasteiger partial charge on any atom is -0.496 e. The predicted molar refractivity (Wildman–Crippen MR) is 108 cm³/mol. The van der Waals surface area contributed by atoms with Crippen molar-refractivity contribution in [1.82, 2.24) is 4.57 Å². The molecule has 1 heterocycles. The fourth-order valence-electron chi connectivity index (χ4n) is 3.14. The molecule has 0 aliphatic rings. The fraction of sp³-hybridized carbons (Fsp3) is 0.143. The molecule has 1 amide bonds. The molecule has 6 heteroatoms. The number of carbonyl (C=O) groups excluding carboxylic acids is 1. The monoisotopic (exact) mass is 378 g/mol. The van der Waals surface area contributed by atoms with Crippen molar-refractivity contribution in [2.24, 2.45) is 12.0 Å². The SMILES string of the molecule is COc1cc2ccccc2cc1C(=O)N=c1sc2cccc(OC)c2n1C. The highest BCUT2D eigenvalue weighted by Gasteiger charge is 2.15. The molecule has 0 radical (unpaired) electrons. The predicted octanol–water partition coefficient (Wildman–Crippen LogP) is 4.15. The molecule has 0 aliphatic carbocycles. The Morgan fingerprint density at radius 2 is 1.67 bits per heavy atom. The zero-order chi connectivity index (χ0) is 19.0. The molecule has 4 aromatic rings. The maximum Gasteiger partial charge on any atom is 0.283 e. The first-order valence-electron chi connectivity index (χ1n) is 8.40. The average Bonchev–Trinajstić information content (AvgIpc) is 3.02. The normalized spacial score (nSPS) is 11.9. The molecule has 3 aromatic carbocycles. The first-order valence-corrected chi connectivity index (χ1v) is 9.22. The van der Waals surface area contributed by atoms with Crippen LogP contribution in [-0.4, -0.2) is 24.7 Å². The molecule has 4 rings (SSSR count). The second-order valence-electron chi connectivity index (χ2n) is 6.07. The van der Waals surface area contributed by atoms with Crippen LogP contribution in [0.25, 0.3) is 21.0 Å². The van der Waals surface area contributed by atoms with Crippen LogP contribution in [0.1, 0.15) is 10.4 Å². The van der Waals surface area contributed by atoms with Crippen LogP contribution in [-0.2, 0) is 7.05 Å². The smallest absolute Gasteiger partial charge is 0.283 e. The van der Waals surface area contributed by atoms with Gasteiger partial charge in [-0.25, -0.2) is 0 Å². The van der Waals surface area contributed by atoms with E-state index in [0.29, 0.717) is 16.1 Å². The number of benzene rings is 3. The van der Waals surface area contributed by atoms with Gasteiger partial charge in [0.25, 0.3) is 5.91 Å².